The van der Waals surface area contributed by atoms with Gasteiger partial charge in [-0.05, 0) is 69.2 Å². The van der Waals surface area contributed by atoms with Crippen molar-refractivity contribution in [3.8, 4) is 0 Å². The molecule has 0 unspecified atom stereocenters. The number of benzene rings is 3. The Bertz CT molecular complexity index is 1440. The summed E-state index contributed by atoms with van der Waals surface area (Å²) >= 11 is 3.36. The van der Waals surface area contributed by atoms with Crippen LogP contribution in [0.1, 0.15) is 43.7 Å². The summed E-state index contributed by atoms with van der Waals surface area (Å²) in [5.41, 5.74) is 1.40. The fourth-order valence-corrected chi connectivity index (χ4v) is 6.44. The molecule has 0 saturated heterocycles. The third-order valence-corrected chi connectivity index (χ3v) is 9.49. The Morgan fingerprint density at radius 3 is 2.25 bits per heavy atom. The van der Waals surface area contributed by atoms with Crippen LogP contribution in [0, 0.1) is 12.7 Å². The molecule has 1 N–H and O–H groups in total. The van der Waals surface area contributed by atoms with Gasteiger partial charge < -0.3 is 10.2 Å². The number of carbonyl (C=O) groups excluding carboxylic acids is 2. The lowest BCUT2D eigenvalue weighted by Gasteiger charge is -2.32. The van der Waals surface area contributed by atoms with Crippen molar-refractivity contribution in [2.24, 2.45) is 0 Å². The molecule has 0 aromatic heterocycles. The minimum absolute atomic E-state index is 0.0292. The van der Waals surface area contributed by atoms with Crippen LogP contribution in [-0.2, 0) is 26.2 Å². The van der Waals surface area contributed by atoms with Gasteiger partial charge in [-0.2, -0.15) is 0 Å². The SMILES string of the molecule is Cc1ccc(S(=O)(=O)N(CC(=O)N(Cc2ccccc2F)[C@@H](C)C(=O)NC2CCCC2)c2ccc(Br)cc2)cc1. The van der Waals surface area contributed by atoms with Gasteiger partial charge in [-0.3, -0.25) is 13.9 Å². The first-order chi connectivity index (χ1) is 19.1. The number of aryl methyl sites for hydroxylation is 1. The van der Waals surface area contributed by atoms with Crippen LogP contribution in [0.5, 0.6) is 0 Å². The van der Waals surface area contributed by atoms with E-state index in [9.17, 15) is 22.4 Å². The highest BCUT2D eigenvalue weighted by atomic mass is 79.9. The fraction of sp³-hybridized carbons (Fsp3) is 0.333. The first-order valence-corrected chi connectivity index (χ1v) is 15.5. The molecule has 1 aliphatic rings. The highest BCUT2D eigenvalue weighted by Gasteiger charge is 2.33. The first-order valence-electron chi connectivity index (χ1n) is 13.2. The van der Waals surface area contributed by atoms with Crippen LogP contribution >= 0.6 is 15.9 Å². The molecule has 10 heteroatoms. The van der Waals surface area contributed by atoms with Crippen molar-refractivity contribution in [2.45, 2.75) is 63.1 Å². The van der Waals surface area contributed by atoms with Gasteiger partial charge in [-0.25, -0.2) is 12.8 Å². The van der Waals surface area contributed by atoms with Crippen LogP contribution in [0.25, 0.3) is 0 Å². The number of nitrogens with zero attached hydrogens (tertiary/aromatic N) is 2. The van der Waals surface area contributed by atoms with E-state index in [4.69, 9.17) is 0 Å². The van der Waals surface area contributed by atoms with Gasteiger partial charge in [0.05, 0.1) is 10.6 Å². The summed E-state index contributed by atoms with van der Waals surface area (Å²) in [5.74, 6) is -1.50. The highest BCUT2D eigenvalue weighted by molar-refractivity contribution is 9.10. The van der Waals surface area contributed by atoms with Gasteiger partial charge in [-0.15, -0.1) is 0 Å². The van der Waals surface area contributed by atoms with Gasteiger partial charge in [0.25, 0.3) is 10.0 Å². The maximum absolute atomic E-state index is 14.7. The molecule has 2 amide bonds. The molecule has 0 bridgehead atoms. The van der Waals surface area contributed by atoms with E-state index in [2.05, 4.69) is 21.2 Å². The lowest BCUT2D eigenvalue weighted by Crippen LogP contribution is -2.52. The summed E-state index contributed by atoms with van der Waals surface area (Å²) in [4.78, 5) is 28.4. The van der Waals surface area contributed by atoms with Crippen LogP contribution in [0.4, 0.5) is 10.1 Å². The van der Waals surface area contributed by atoms with E-state index >= 15 is 0 Å². The van der Waals surface area contributed by atoms with Gasteiger partial charge in [0.2, 0.25) is 11.8 Å². The quantitative estimate of drug-likeness (QED) is 0.318. The van der Waals surface area contributed by atoms with E-state index in [1.54, 1.807) is 61.5 Å². The highest BCUT2D eigenvalue weighted by Crippen LogP contribution is 2.27. The maximum atomic E-state index is 14.7. The average molecular weight is 631 g/mol. The second kappa shape index (κ2) is 13.0. The number of carbonyl (C=O) groups is 2. The van der Waals surface area contributed by atoms with E-state index in [0.29, 0.717) is 0 Å². The number of hydrogen-bond acceptors (Lipinski definition) is 4. The van der Waals surface area contributed by atoms with Gasteiger partial charge in [0.1, 0.15) is 18.4 Å². The number of rotatable bonds is 10. The Morgan fingerprint density at radius 2 is 1.62 bits per heavy atom. The van der Waals surface area contributed by atoms with Crippen molar-refractivity contribution in [3.05, 3.63) is 94.2 Å². The smallest absolute Gasteiger partial charge is 0.264 e. The summed E-state index contributed by atoms with van der Waals surface area (Å²) in [7, 11) is -4.16. The van der Waals surface area contributed by atoms with Crippen molar-refractivity contribution < 1.29 is 22.4 Å². The Balaban J connectivity index is 1.69. The maximum Gasteiger partial charge on any atom is 0.264 e. The Hall–Kier alpha value is -3.24. The molecule has 0 radical (unpaired) electrons. The molecule has 1 fully saturated rings. The van der Waals surface area contributed by atoms with Gasteiger partial charge >= 0.3 is 0 Å². The zero-order chi connectivity index (χ0) is 28.9. The predicted molar refractivity (Wildman–Crippen MR) is 157 cm³/mol. The third kappa shape index (κ3) is 7.09. The van der Waals surface area contributed by atoms with Crippen LogP contribution in [-0.4, -0.2) is 43.8 Å². The molecule has 1 aliphatic carbocycles. The van der Waals surface area contributed by atoms with E-state index in [1.165, 1.54) is 23.1 Å². The Labute approximate surface area is 243 Å². The first kappa shape index (κ1) is 29.7. The molecule has 1 atom stereocenters. The number of sulfonamides is 1. The lowest BCUT2D eigenvalue weighted by atomic mass is 10.1. The normalized spacial score (nSPS) is 14.5. The molecule has 7 nitrogen and oxygen atoms in total. The number of nitrogens with one attached hydrogen (secondary N) is 1. The molecule has 212 valence electrons. The molecule has 1 saturated carbocycles. The fourth-order valence-electron chi connectivity index (χ4n) is 4.76. The molecular formula is C30H33BrFN3O4S. The second-order valence-electron chi connectivity index (χ2n) is 10.1. The number of amides is 2. The molecule has 0 heterocycles. The molecular weight excluding hydrogens is 597 g/mol. The van der Waals surface area contributed by atoms with E-state index in [1.807, 2.05) is 6.92 Å². The summed E-state index contributed by atoms with van der Waals surface area (Å²) in [5, 5.41) is 3.00. The van der Waals surface area contributed by atoms with Crippen LogP contribution in [0.3, 0.4) is 0 Å². The Morgan fingerprint density at radius 1 is 1.00 bits per heavy atom. The van der Waals surface area contributed by atoms with Crippen molar-refractivity contribution >= 4 is 43.5 Å². The molecule has 3 aromatic rings. The van der Waals surface area contributed by atoms with E-state index in [-0.39, 0.29) is 34.6 Å². The number of halogens is 2. The van der Waals surface area contributed by atoms with Crippen molar-refractivity contribution in [1.82, 2.24) is 10.2 Å². The second-order valence-corrected chi connectivity index (χ2v) is 12.9. The zero-order valence-corrected chi connectivity index (χ0v) is 24.9. The standard InChI is InChI=1S/C30H33BrFN3O4S/c1-21-11-17-27(18-12-21)40(38,39)35(26-15-13-24(31)14-16-26)20-29(36)34(19-23-7-3-6-10-28(23)32)22(2)30(37)33-25-8-4-5-9-25/h3,6-7,10-18,22,25H,4-5,8-9,19-20H2,1-2H3,(H,33,37)/t22-/m0/s1. The van der Waals surface area contributed by atoms with Crippen molar-refractivity contribution in [1.29, 1.82) is 0 Å². The topological polar surface area (TPSA) is 86.8 Å². The minimum atomic E-state index is -4.16. The average Bonchev–Trinajstić information content (AvgIpc) is 3.44. The van der Waals surface area contributed by atoms with Gasteiger partial charge in [-0.1, -0.05) is 64.7 Å². The number of anilines is 1. The summed E-state index contributed by atoms with van der Waals surface area (Å²) in [6.45, 7) is 2.67. The summed E-state index contributed by atoms with van der Waals surface area (Å²) in [6, 6.07) is 18.0. The summed E-state index contributed by atoms with van der Waals surface area (Å²) in [6.07, 6.45) is 3.78. The number of hydrogen-bond donors (Lipinski definition) is 1. The van der Waals surface area contributed by atoms with Gasteiger partial charge in [0.15, 0.2) is 0 Å². The van der Waals surface area contributed by atoms with Crippen LogP contribution in [0.15, 0.2) is 82.2 Å². The van der Waals surface area contributed by atoms with Crippen molar-refractivity contribution in [2.75, 3.05) is 10.8 Å². The molecule has 0 spiro atoms. The van der Waals surface area contributed by atoms with E-state index < -0.39 is 34.3 Å². The largest absolute Gasteiger partial charge is 0.352 e. The monoisotopic (exact) mass is 629 g/mol. The predicted octanol–water partition coefficient (Wildman–Crippen LogP) is 5.57. The zero-order valence-electron chi connectivity index (χ0n) is 22.5. The molecule has 3 aromatic carbocycles. The minimum Gasteiger partial charge on any atom is -0.352 e. The summed E-state index contributed by atoms with van der Waals surface area (Å²) < 4.78 is 44.1. The molecule has 40 heavy (non-hydrogen) atoms. The lowest BCUT2D eigenvalue weighted by molar-refractivity contribution is -0.139. The molecule has 4 rings (SSSR count). The van der Waals surface area contributed by atoms with Crippen LogP contribution in [0.2, 0.25) is 0 Å². The molecule has 0 aliphatic heterocycles. The third-order valence-electron chi connectivity index (χ3n) is 7.17. The Kier molecular flexibility index (Phi) is 9.63. The van der Waals surface area contributed by atoms with Crippen LogP contribution < -0.4 is 9.62 Å². The van der Waals surface area contributed by atoms with Crippen molar-refractivity contribution in [3.63, 3.8) is 0 Å². The van der Waals surface area contributed by atoms with E-state index in [0.717, 1.165) is 40.0 Å². The van der Waals surface area contributed by atoms with Gasteiger partial charge in [0, 0.05) is 22.6 Å².